The molecule has 1 saturated heterocycles. The summed E-state index contributed by atoms with van der Waals surface area (Å²) in [5.74, 6) is -0.796. The fourth-order valence-electron chi connectivity index (χ4n) is 2.26. The first-order valence-electron chi connectivity index (χ1n) is 6.56. The number of halogens is 1. The molecule has 4 nitrogen and oxygen atoms in total. The summed E-state index contributed by atoms with van der Waals surface area (Å²) in [6, 6.07) is 4.47. The van der Waals surface area contributed by atoms with E-state index in [4.69, 9.17) is 0 Å². The molecule has 1 aliphatic rings. The summed E-state index contributed by atoms with van der Waals surface area (Å²) < 4.78 is 18.4. The van der Waals surface area contributed by atoms with Crippen molar-refractivity contribution < 1.29 is 13.9 Å². The smallest absolute Gasteiger partial charge is 0.337 e. The van der Waals surface area contributed by atoms with Crippen LogP contribution in [-0.2, 0) is 4.74 Å². The molecule has 1 aromatic rings. The highest BCUT2D eigenvalue weighted by atomic mass is 19.1. The molecule has 2 N–H and O–H groups in total. The lowest BCUT2D eigenvalue weighted by Gasteiger charge is -2.18. The number of benzene rings is 1. The predicted octanol–water partition coefficient (Wildman–Crippen LogP) is 2.17. The summed E-state index contributed by atoms with van der Waals surface area (Å²) in [6.45, 7) is 1.93. The quantitative estimate of drug-likeness (QED) is 0.823. The van der Waals surface area contributed by atoms with E-state index in [1.807, 2.05) is 0 Å². The lowest BCUT2D eigenvalue weighted by molar-refractivity contribution is 0.0600. The molecule has 1 aromatic carbocycles. The van der Waals surface area contributed by atoms with Crippen molar-refractivity contribution in [2.24, 2.45) is 0 Å². The Kier molecular flexibility index (Phi) is 4.74. The third-order valence-corrected chi connectivity index (χ3v) is 3.32. The van der Waals surface area contributed by atoms with Gasteiger partial charge in [-0.15, -0.1) is 0 Å². The molecular weight excluding hydrogens is 247 g/mol. The van der Waals surface area contributed by atoms with E-state index in [1.165, 1.54) is 25.3 Å². The van der Waals surface area contributed by atoms with Gasteiger partial charge in [-0.25, -0.2) is 9.18 Å². The lowest BCUT2D eigenvalue weighted by Crippen LogP contribution is -2.22. The Balaban J connectivity index is 2.11. The van der Waals surface area contributed by atoms with Gasteiger partial charge in [0.05, 0.1) is 18.4 Å². The zero-order chi connectivity index (χ0) is 13.7. The molecule has 0 spiro atoms. The van der Waals surface area contributed by atoms with Gasteiger partial charge in [0.25, 0.3) is 0 Å². The number of hydrogen-bond donors (Lipinski definition) is 2. The van der Waals surface area contributed by atoms with Gasteiger partial charge in [-0.2, -0.15) is 0 Å². The molecule has 1 unspecified atom stereocenters. The number of nitrogens with one attached hydrogen (secondary N) is 2. The third-order valence-electron chi connectivity index (χ3n) is 3.32. The molecule has 0 aliphatic carbocycles. The zero-order valence-corrected chi connectivity index (χ0v) is 11.0. The van der Waals surface area contributed by atoms with E-state index in [9.17, 15) is 9.18 Å². The molecular formula is C14H19FN2O2. The summed E-state index contributed by atoms with van der Waals surface area (Å²) in [4.78, 5) is 11.4. The van der Waals surface area contributed by atoms with Gasteiger partial charge in [0.2, 0.25) is 0 Å². The molecule has 5 heteroatoms. The maximum absolute atomic E-state index is 13.8. The van der Waals surface area contributed by atoms with Crippen LogP contribution in [0, 0.1) is 5.82 Å². The number of hydrogen-bond acceptors (Lipinski definition) is 4. The second-order valence-electron chi connectivity index (χ2n) is 4.71. The molecule has 1 atom stereocenters. The second kappa shape index (κ2) is 6.52. The van der Waals surface area contributed by atoms with E-state index >= 15 is 0 Å². The van der Waals surface area contributed by atoms with E-state index in [2.05, 4.69) is 15.4 Å². The van der Waals surface area contributed by atoms with Crippen LogP contribution in [-0.4, -0.2) is 32.2 Å². The largest absolute Gasteiger partial charge is 0.465 e. The minimum Gasteiger partial charge on any atom is -0.465 e. The normalized spacial score (nSPS) is 19.6. The highest BCUT2D eigenvalue weighted by Gasteiger charge is 2.15. The number of rotatable bonds is 3. The fourth-order valence-corrected chi connectivity index (χ4v) is 2.26. The molecule has 0 radical (unpaired) electrons. The topological polar surface area (TPSA) is 50.4 Å². The number of anilines is 1. The van der Waals surface area contributed by atoms with Crippen LogP contribution in [0.2, 0.25) is 0 Å². The van der Waals surface area contributed by atoms with Crippen LogP contribution in [0.25, 0.3) is 0 Å². The van der Waals surface area contributed by atoms with Gasteiger partial charge in [-0.05, 0) is 50.6 Å². The van der Waals surface area contributed by atoms with Gasteiger partial charge < -0.3 is 15.4 Å². The average Bonchev–Trinajstić information content (AvgIpc) is 2.69. The maximum Gasteiger partial charge on any atom is 0.337 e. The first-order valence-corrected chi connectivity index (χ1v) is 6.56. The first kappa shape index (κ1) is 13.8. The number of esters is 1. The van der Waals surface area contributed by atoms with Crippen molar-refractivity contribution in [1.82, 2.24) is 5.32 Å². The minimum atomic E-state index is -0.453. The van der Waals surface area contributed by atoms with Crippen molar-refractivity contribution >= 4 is 11.7 Å². The Hall–Kier alpha value is -1.62. The van der Waals surface area contributed by atoms with Gasteiger partial charge in [0, 0.05) is 6.04 Å². The van der Waals surface area contributed by atoms with Crippen LogP contribution in [0.15, 0.2) is 18.2 Å². The van der Waals surface area contributed by atoms with Gasteiger partial charge in [0.15, 0.2) is 0 Å². The van der Waals surface area contributed by atoms with Crippen molar-refractivity contribution in [3.8, 4) is 0 Å². The van der Waals surface area contributed by atoms with Crippen molar-refractivity contribution in [3.63, 3.8) is 0 Å². The summed E-state index contributed by atoms with van der Waals surface area (Å²) in [5.41, 5.74) is 0.730. The van der Waals surface area contributed by atoms with Gasteiger partial charge in [-0.1, -0.05) is 0 Å². The molecule has 0 aromatic heterocycles. The highest BCUT2D eigenvalue weighted by molar-refractivity contribution is 5.90. The Morgan fingerprint density at radius 1 is 1.42 bits per heavy atom. The fraction of sp³-hybridized carbons (Fsp3) is 0.500. The van der Waals surface area contributed by atoms with Crippen molar-refractivity contribution in [1.29, 1.82) is 0 Å². The monoisotopic (exact) mass is 266 g/mol. The number of methoxy groups -OCH3 is 1. The molecule has 19 heavy (non-hydrogen) atoms. The van der Waals surface area contributed by atoms with E-state index < -0.39 is 5.97 Å². The first-order chi connectivity index (χ1) is 9.20. The van der Waals surface area contributed by atoms with Crippen LogP contribution >= 0.6 is 0 Å². The molecule has 0 bridgehead atoms. The molecule has 0 saturated carbocycles. The van der Waals surface area contributed by atoms with Crippen molar-refractivity contribution in [2.45, 2.75) is 25.3 Å². The number of carbonyl (C=O) groups is 1. The number of ether oxygens (including phenoxy) is 1. The van der Waals surface area contributed by atoms with Crippen LogP contribution in [0.5, 0.6) is 0 Å². The van der Waals surface area contributed by atoms with Crippen LogP contribution < -0.4 is 10.6 Å². The lowest BCUT2D eigenvalue weighted by atomic mass is 10.1. The van der Waals surface area contributed by atoms with Gasteiger partial charge >= 0.3 is 5.97 Å². The molecule has 1 fully saturated rings. The van der Waals surface area contributed by atoms with Crippen LogP contribution in [0.3, 0.4) is 0 Å². The van der Waals surface area contributed by atoms with E-state index in [0.29, 0.717) is 11.3 Å². The third kappa shape index (κ3) is 3.67. The van der Waals surface area contributed by atoms with E-state index in [0.717, 1.165) is 32.4 Å². The Labute approximate surface area is 112 Å². The minimum absolute atomic E-state index is 0.234. The van der Waals surface area contributed by atoms with E-state index in [1.54, 1.807) is 0 Å². The summed E-state index contributed by atoms with van der Waals surface area (Å²) >= 11 is 0. The molecule has 0 amide bonds. The standard InChI is InChI=1S/C14H19FN2O2/c1-19-14(18)10-4-5-12(15)13(9-10)17-11-3-2-7-16-8-6-11/h4-5,9,11,16-17H,2-3,6-8H2,1H3. The van der Waals surface area contributed by atoms with Crippen LogP contribution in [0.1, 0.15) is 29.6 Å². The SMILES string of the molecule is COC(=O)c1ccc(F)c(NC2CCCNCC2)c1. The maximum atomic E-state index is 13.8. The average molecular weight is 266 g/mol. The predicted molar refractivity (Wildman–Crippen MR) is 71.9 cm³/mol. The van der Waals surface area contributed by atoms with Crippen molar-refractivity contribution in [3.05, 3.63) is 29.6 Å². The van der Waals surface area contributed by atoms with Crippen LogP contribution in [0.4, 0.5) is 10.1 Å². The Bertz CT molecular complexity index is 443. The van der Waals surface area contributed by atoms with Gasteiger partial charge in [0.1, 0.15) is 5.82 Å². The summed E-state index contributed by atoms with van der Waals surface area (Å²) in [6.07, 6.45) is 3.01. The second-order valence-corrected chi connectivity index (χ2v) is 4.71. The Morgan fingerprint density at radius 3 is 3.05 bits per heavy atom. The van der Waals surface area contributed by atoms with Crippen molar-refractivity contribution in [2.75, 3.05) is 25.5 Å². The van der Waals surface area contributed by atoms with E-state index in [-0.39, 0.29) is 11.9 Å². The summed E-state index contributed by atoms with van der Waals surface area (Å²) in [7, 11) is 1.32. The number of carbonyl (C=O) groups excluding carboxylic acids is 1. The molecule has 1 heterocycles. The molecule has 2 rings (SSSR count). The Morgan fingerprint density at radius 2 is 2.26 bits per heavy atom. The van der Waals surface area contributed by atoms with Gasteiger partial charge in [-0.3, -0.25) is 0 Å². The summed E-state index contributed by atoms with van der Waals surface area (Å²) in [5, 5.41) is 6.49. The molecule has 104 valence electrons. The molecule has 1 aliphatic heterocycles. The highest BCUT2D eigenvalue weighted by Crippen LogP contribution is 2.20. The zero-order valence-electron chi connectivity index (χ0n) is 11.0.